The number of nitrogens with two attached hydrogens (primary N) is 1. The zero-order valence-electron chi connectivity index (χ0n) is 8.78. The molecule has 2 rings (SSSR count). The van der Waals surface area contributed by atoms with E-state index in [2.05, 4.69) is 4.98 Å². The van der Waals surface area contributed by atoms with E-state index in [1.54, 1.807) is 0 Å². The SMILES string of the molecule is Nc1nc(=O)n([C@H]2C[C@H](O)[C@@H](CO)O2)cc1F. The lowest BCUT2D eigenvalue weighted by Crippen LogP contribution is -2.29. The van der Waals surface area contributed by atoms with Crippen LogP contribution in [0.4, 0.5) is 10.2 Å². The molecule has 1 aromatic rings. The van der Waals surface area contributed by atoms with E-state index < -0.39 is 35.8 Å². The Morgan fingerprint density at radius 2 is 2.41 bits per heavy atom. The second-order valence-corrected chi connectivity index (χ2v) is 3.78. The zero-order chi connectivity index (χ0) is 12.6. The van der Waals surface area contributed by atoms with E-state index in [4.69, 9.17) is 15.6 Å². The van der Waals surface area contributed by atoms with Crippen LogP contribution >= 0.6 is 0 Å². The maximum absolute atomic E-state index is 13.2. The van der Waals surface area contributed by atoms with Crippen LogP contribution in [0, 0.1) is 5.82 Å². The molecule has 8 heteroatoms. The predicted octanol–water partition coefficient (Wildman–Crippen LogP) is -1.39. The smallest absolute Gasteiger partial charge is 0.351 e. The van der Waals surface area contributed by atoms with Crippen LogP contribution in [0.15, 0.2) is 11.0 Å². The fourth-order valence-corrected chi connectivity index (χ4v) is 1.71. The van der Waals surface area contributed by atoms with Crippen molar-refractivity contribution >= 4 is 5.82 Å². The Kier molecular flexibility index (Phi) is 3.09. The van der Waals surface area contributed by atoms with E-state index in [1.165, 1.54) is 0 Å². The number of halogens is 1. The molecule has 1 saturated heterocycles. The Bertz CT molecular complexity index is 478. The zero-order valence-corrected chi connectivity index (χ0v) is 8.78. The van der Waals surface area contributed by atoms with Crippen LogP contribution in [0.5, 0.6) is 0 Å². The highest BCUT2D eigenvalue weighted by molar-refractivity contribution is 5.26. The Hall–Kier alpha value is -1.51. The van der Waals surface area contributed by atoms with Crippen molar-refractivity contribution in [2.75, 3.05) is 12.3 Å². The molecule has 1 aliphatic heterocycles. The molecule has 1 fully saturated rings. The molecule has 3 atom stereocenters. The molecule has 1 aliphatic rings. The minimum Gasteiger partial charge on any atom is -0.394 e. The highest BCUT2D eigenvalue weighted by atomic mass is 19.1. The van der Waals surface area contributed by atoms with Crippen LogP contribution in [0.3, 0.4) is 0 Å². The normalized spacial score (nSPS) is 28.5. The van der Waals surface area contributed by atoms with Crippen molar-refractivity contribution in [2.45, 2.75) is 24.9 Å². The first-order valence-electron chi connectivity index (χ1n) is 5.01. The number of aliphatic hydroxyl groups excluding tert-OH is 2. The summed E-state index contributed by atoms with van der Waals surface area (Å²) < 4.78 is 19.3. The largest absolute Gasteiger partial charge is 0.394 e. The first-order valence-corrected chi connectivity index (χ1v) is 5.01. The lowest BCUT2D eigenvalue weighted by molar-refractivity contribution is -0.0461. The molecule has 1 aromatic heterocycles. The van der Waals surface area contributed by atoms with Crippen molar-refractivity contribution in [1.82, 2.24) is 9.55 Å². The van der Waals surface area contributed by atoms with Crippen LogP contribution in [0.2, 0.25) is 0 Å². The number of nitrogen functional groups attached to an aromatic ring is 1. The number of anilines is 1. The molecular formula is C9H12FN3O4. The second-order valence-electron chi connectivity index (χ2n) is 3.78. The summed E-state index contributed by atoms with van der Waals surface area (Å²) in [6.45, 7) is -0.378. The van der Waals surface area contributed by atoms with E-state index in [-0.39, 0.29) is 13.0 Å². The average Bonchev–Trinajstić information content (AvgIpc) is 2.65. The number of hydrogen-bond donors (Lipinski definition) is 3. The first-order chi connectivity index (χ1) is 8.02. The third kappa shape index (κ3) is 2.14. The lowest BCUT2D eigenvalue weighted by Gasteiger charge is -2.14. The molecular weight excluding hydrogens is 233 g/mol. The van der Waals surface area contributed by atoms with Gasteiger partial charge in [-0.05, 0) is 0 Å². The van der Waals surface area contributed by atoms with Gasteiger partial charge in [0.05, 0.1) is 18.9 Å². The lowest BCUT2D eigenvalue weighted by atomic mass is 10.2. The Morgan fingerprint density at radius 3 is 3.00 bits per heavy atom. The first kappa shape index (κ1) is 12.0. The molecule has 0 spiro atoms. The number of hydrogen-bond acceptors (Lipinski definition) is 6. The van der Waals surface area contributed by atoms with Gasteiger partial charge in [-0.25, -0.2) is 9.18 Å². The van der Waals surface area contributed by atoms with E-state index in [0.717, 1.165) is 10.8 Å². The number of ether oxygens (including phenoxy) is 1. The summed E-state index contributed by atoms with van der Waals surface area (Å²) in [5.74, 6) is -1.32. The number of aliphatic hydroxyl groups is 2. The molecule has 0 bridgehead atoms. The van der Waals surface area contributed by atoms with Crippen molar-refractivity contribution in [3.8, 4) is 0 Å². The predicted molar refractivity (Wildman–Crippen MR) is 54.5 cm³/mol. The Balaban J connectivity index is 2.30. The fourth-order valence-electron chi connectivity index (χ4n) is 1.71. The van der Waals surface area contributed by atoms with Gasteiger partial charge in [0.25, 0.3) is 0 Å². The van der Waals surface area contributed by atoms with Crippen LogP contribution in [0.1, 0.15) is 12.6 Å². The summed E-state index contributed by atoms with van der Waals surface area (Å²) in [5.41, 5.74) is 4.38. The molecule has 0 unspecified atom stereocenters. The molecule has 0 radical (unpaired) electrons. The van der Waals surface area contributed by atoms with Gasteiger partial charge in [0.2, 0.25) is 0 Å². The van der Waals surface area contributed by atoms with Crippen LogP contribution < -0.4 is 11.4 Å². The van der Waals surface area contributed by atoms with Gasteiger partial charge < -0.3 is 20.7 Å². The summed E-state index contributed by atoms with van der Waals surface area (Å²) in [5, 5.41) is 18.4. The molecule has 94 valence electrons. The standard InChI is InChI=1S/C9H12FN3O4/c10-4-2-13(9(16)12-8(4)11)7-1-5(15)6(3-14)17-7/h2,5-7,14-15H,1,3H2,(H2,11,12,16)/t5-,6+,7+/m0/s1. The van der Waals surface area contributed by atoms with Gasteiger partial charge in [-0.2, -0.15) is 4.98 Å². The molecule has 0 aromatic carbocycles. The summed E-state index contributed by atoms with van der Waals surface area (Å²) >= 11 is 0. The van der Waals surface area contributed by atoms with Crippen molar-refractivity contribution in [1.29, 1.82) is 0 Å². The highest BCUT2D eigenvalue weighted by Crippen LogP contribution is 2.27. The summed E-state index contributed by atoms with van der Waals surface area (Å²) in [7, 11) is 0. The minimum absolute atomic E-state index is 0.0795. The molecule has 7 nitrogen and oxygen atoms in total. The van der Waals surface area contributed by atoms with E-state index >= 15 is 0 Å². The second kappa shape index (κ2) is 4.40. The van der Waals surface area contributed by atoms with Crippen molar-refractivity contribution in [2.24, 2.45) is 0 Å². The van der Waals surface area contributed by atoms with Gasteiger partial charge in [0, 0.05) is 6.42 Å². The molecule has 0 amide bonds. The van der Waals surface area contributed by atoms with Crippen molar-refractivity contribution < 1.29 is 19.3 Å². The number of rotatable bonds is 2. The minimum atomic E-state index is -0.905. The van der Waals surface area contributed by atoms with Crippen molar-refractivity contribution in [3.63, 3.8) is 0 Å². The molecule has 0 saturated carbocycles. The van der Waals surface area contributed by atoms with Crippen LogP contribution in [-0.4, -0.2) is 38.6 Å². The third-order valence-corrected chi connectivity index (χ3v) is 2.63. The van der Waals surface area contributed by atoms with E-state index in [9.17, 15) is 14.3 Å². The van der Waals surface area contributed by atoms with Gasteiger partial charge in [-0.3, -0.25) is 4.57 Å². The van der Waals surface area contributed by atoms with Gasteiger partial charge in [-0.1, -0.05) is 0 Å². The van der Waals surface area contributed by atoms with E-state index in [0.29, 0.717) is 0 Å². The van der Waals surface area contributed by atoms with Gasteiger partial charge in [0.1, 0.15) is 12.3 Å². The molecule has 4 N–H and O–H groups in total. The maximum atomic E-state index is 13.2. The fraction of sp³-hybridized carbons (Fsp3) is 0.556. The Morgan fingerprint density at radius 1 is 1.71 bits per heavy atom. The van der Waals surface area contributed by atoms with E-state index in [1.807, 2.05) is 0 Å². The van der Waals surface area contributed by atoms with Crippen LogP contribution in [0.25, 0.3) is 0 Å². The molecule has 17 heavy (non-hydrogen) atoms. The monoisotopic (exact) mass is 245 g/mol. The summed E-state index contributed by atoms with van der Waals surface area (Å²) in [6, 6.07) is 0. The Labute approximate surface area is 95.3 Å². The molecule has 2 heterocycles. The summed E-state index contributed by atoms with van der Waals surface area (Å²) in [4.78, 5) is 14.7. The van der Waals surface area contributed by atoms with Crippen molar-refractivity contribution in [3.05, 3.63) is 22.5 Å². The highest BCUT2D eigenvalue weighted by Gasteiger charge is 2.35. The summed E-state index contributed by atoms with van der Waals surface area (Å²) in [6.07, 6.45) is -1.58. The third-order valence-electron chi connectivity index (χ3n) is 2.63. The number of aromatic nitrogens is 2. The maximum Gasteiger partial charge on any atom is 0.351 e. The number of nitrogens with zero attached hydrogens (tertiary/aromatic N) is 2. The average molecular weight is 245 g/mol. The molecule has 0 aliphatic carbocycles. The van der Waals surface area contributed by atoms with Gasteiger partial charge >= 0.3 is 5.69 Å². The van der Waals surface area contributed by atoms with Crippen LogP contribution in [-0.2, 0) is 4.74 Å². The van der Waals surface area contributed by atoms with Gasteiger partial charge in [0.15, 0.2) is 11.6 Å². The quantitative estimate of drug-likeness (QED) is 0.591. The van der Waals surface area contributed by atoms with Gasteiger partial charge in [-0.15, -0.1) is 0 Å². The topological polar surface area (TPSA) is 111 Å².